The SMILES string of the molecule is CCCCCCCCCCCCCNC=S. The van der Waals surface area contributed by atoms with Crippen LogP contribution in [0.5, 0.6) is 0 Å². The van der Waals surface area contributed by atoms with Crippen molar-refractivity contribution in [3.8, 4) is 0 Å². The first-order chi connectivity index (χ1) is 7.91. The Bertz CT molecular complexity index is 137. The van der Waals surface area contributed by atoms with Crippen molar-refractivity contribution in [3.05, 3.63) is 0 Å². The minimum absolute atomic E-state index is 1.06. The van der Waals surface area contributed by atoms with Crippen molar-refractivity contribution in [3.63, 3.8) is 0 Å². The van der Waals surface area contributed by atoms with Crippen LogP contribution in [0, 0.1) is 0 Å². The fourth-order valence-corrected chi connectivity index (χ4v) is 2.07. The van der Waals surface area contributed by atoms with Gasteiger partial charge in [0, 0.05) is 6.54 Å². The van der Waals surface area contributed by atoms with E-state index in [2.05, 4.69) is 12.2 Å². The van der Waals surface area contributed by atoms with Gasteiger partial charge in [0.15, 0.2) is 0 Å². The molecule has 0 aliphatic rings. The van der Waals surface area contributed by atoms with Crippen molar-refractivity contribution in [2.75, 3.05) is 6.54 Å². The second-order valence-electron chi connectivity index (χ2n) is 4.61. The van der Waals surface area contributed by atoms with E-state index in [-0.39, 0.29) is 0 Å². The summed E-state index contributed by atoms with van der Waals surface area (Å²) in [6.45, 7) is 3.33. The van der Waals surface area contributed by atoms with Gasteiger partial charge in [-0.2, -0.15) is 0 Å². The minimum atomic E-state index is 1.06. The van der Waals surface area contributed by atoms with Crippen LogP contribution in [0.25, 0.3) is 0 Å². The van der Waals surface area contributed by atoms with Crippen LogP contribution in [-0.2, 0) is 0 Å². The third-order valence-electron chi connectivity index (χ3n) is 3.01. The third kappa shape index (κ3) is 13.9. The van der Waals surface area contributed by atoms with Gasteiger partial charge in [-0.05, 0) is 6.42 Å². The van der Waals surface area contributed by atoms with Crippen LogP contribution in [-0.4, -0.2) is 12.0 Å². The quantitative estimate of drug-likeness (QED) is 0.367. The van der Waals surface area contributed by atoms with Crippen molar-refractivity contribution in [2.24, 2.45) is 0 Å². The molecule has 2 heteroatoms. The molecule has 0 aromatic rings. The molecule has 1 nitrogen and oxygen atoms in total. The number of hydrogen-bond donors (Lipinski definition) is 1. The Morgan fingerprint density at radius 3 is 1.62 bits per heavy atom. The molecule has 0 aromatic heterocycles. The Hall–Kier alpha value is -0.110. The van der Waals surface area contributed by atoms with Gasteiger partial charge in [-0.25, -0.2) is 0 Å². The van der Waals surface area contributed by atoms with Gasteiger partial charge in [-0.1, -0.05) is 83.3 Å². The smallest absolute Gasteiger partial charge is 0.0614 e. The lowest BCUT2D eigenvalue weighted by Gasteiger charge is -2.02. The second kappa shape index (κ2) is 14.9. The molecule has 0 saturated heterocycles. The van der Waals surface area contributed by atoms with Gasteiger partial charge in [-0.15, -0.1) is 0 Å². The molecule has 0 aliphatic heterocycles. The van der Waals surface area contributed by atoms with Crippen LogP contribution in [0.4, 0.5) is 0 Å². The number of rotatable bonds is 13. The normalized spacial score (nSPS) is 10.3. The first kappa shape index (κ1) is 15.9. The molecule has 0 fully saturated rings. The Balaban J connectivity index is 2.85. The van der Waals surface area contributed by atoms with Crippen molar-refractivity contribution < 1.29 is 0 Å². The third-order valence-corrected chi connectivity index (χ3v) is 3.17. The van der Waals surface area contributed by atoms with Crippen molar-refractivity contribution in [2.45, 2.75) is 77.6 Å². The van der Waals surface area contributed by atoms with E-state index in [1.807, 2.05) is 0 Å². The zero-order valence-corrected chi connectivity index (χ0v) is 11.8. The highest BCUT2D eigenvalue weighted by atomic mass is 32.1. The van der Waals surface area contributed by atoms with Gasteiger partial charge in [-0.3, -0.25) is 0 Å². The van der Waals surface area contributed by atoms with Gasteiger partial charge in [0.05, 0.1) is 5.49 Å². The first-order valence-corrected chi connectivity index (χ1v) is 7.56. The molecule has 0 aromatic carbocycles. The topological polar surface area (TPSA) is 12.0 Å². The molecular formula is C14H29NS. The van der Waals surface area contributed by atoms with E-state index in [1.54, 1.807) is 5.49 Å². The highest BCUT2D eigenvalue weighted by Crippen LogP contribution is 2.10. The maximum Gasteiger partial charge on any atom is 0.0614 e. The summed E-state index contributed by atoms with van der Waals surface area (Å²) in [5.41, 5.74) is 1.62. The highest BCUT2D eigenvalue weighted by molar-refractivity contribution is 7.78. The standard InChI is InChI=1S/C14H29NS/c1-2-3-4-5-6-7-8-9-10-11-12-13-15-14-16/h14H,2-13H2,1H3,(H,15,16). The van der Waals surface area contributed by atoms with E-state index in [1.165, 1.54) is 70.6 Å². The van der Waals surface area contributed by atoms with Gasteiger partial charge >= 0.3 is 0 Å². The van der Waals surface area contributed by atoms with Crippen LogP contribution in [0.2, 0.25) is 0 Å². The molecular weight excluding hydrogens is 214 g/mol. The molecule has 16 heavy (non-hydrogen) atoms. The molecule has 96 valence electrons. The van der Waals surface area contributed by atoms with Crippen molar-refractivity contribution >= 4 is 17.7 Å². The lowest BCUT2D eigenvalue weighted by Crippen LogP contribution is -2.10. The van der Waals surface area contributed by atoms with Gasteiger partial charge < -0.3 is 5.32 Å². The molecule has 0 spiro atoms. The average Bonchev–Trinajstić information content (AvgIpc) is 2.31. The van der Waals surface area contributed by atoms with Gasteiger partial charge in [0.2, 0.25) is 0 Å². The summed E-state index contributed by atoms with van der Waals surface area (Å²) in [6, 6.07) is 0. The maximum absolute atomic E-state index is 4.69. The van der Waals surface area contributed by atoms with E-state index in [9.17, 15) is 0 Å². The molecule has 0 heterocycles. The lowest BCUT2D eigenvalue weighted by molar-refractivity contribution is 0.549. The molecule has 0 unspecified atom stereocenters. The molecule has 0 atom stereocenters. The second-order valence-corrected chi connectivity index (χ2v) is 4.84. The number of hydrogen-bond acceptors (Lipinski definition) is 1. The number of nitrogens with one attached hydrogen (secondary N) is 1. The maximum atomic E-state index is 4.69. The van der Waals surface area contributed by atoms with E-state index >= 15 is 0 Å². The Kier molecular flexibility index (Phi) is 14.8. The molecule has 0 bridgehead atoms. The molecule has 0 saturated carbocycles. The molecule has 0 rings (SSSR count). The molecule has 0 amide bonds. The fourth-order valence-electron chi connectivity index (χ4n) is 1.95. The van der Waals surface area contributed by atoms with Crippen LogP contribution in [0.15, 0.2) is 0 Å². The van der Waals surface area contributed by atoms with Crippen LogP contribution in [0.3, 0.4) is 0 Å². The predicted octanol–water partition coefficient (Wildman–Crippen LogP) is 4.84. The highest BCUT2D eigenvalue weighted by Gasteiger charge is 1.92. The number of thiocarbonyl (C=S) groups is 1. The minimum Gasteiger partial charge on any atom is -0.382 e. The van der Waals surface area contributed by atoms with Crippen LogP contribution < -0.4 is 5.32 Å². The Morgan fingerprint density at radius 1 is 0.750 bits per heavy atom. The summed E-state index contributed by atoms with van der Waals surface area (Å²) in [4.78, 5) is 0. The van der Waals surface area contributed by atoms with Gasteiger partial charge in [0.25, 0.3) is 0 Å². The zero-order chi connectivity index (χ0) is 11.9. The van der Waals surface area contributed by atoms with E-state index in [0.717, 1.165) is 6.54 Å². The fraction of sp³-hybridized carbons (Fsp3) is 0.929. The summed E-state index contributed by atoms with van der Waals surface area (Å²) in [5.74, 6) is 0. The molecule has 0 radical (unpaired) electrons. The Morgan fingerprint density at radius 2 is 1.19 bits per heavy atom. The monoisotopic (exact) mass is 243 g/mol. The van der Waals surface area contributed by atoms with E-state index in [0.29, 0.717) is 0 Å². The summed E-state index contributed by atoms with van der Waals surface area (Å²) in [7, 11) is 0. The summed E-state index contributed by atoms with van der Waals surface area (Å²) < 4.78 is 0. The zero-order valence-electron chi connectivity index (χ0n) is 11.0. The number of unbranched alkanes of at least 4 members (excludes halogenated alkanes) is 10. The largest absolute Gasteiger partial charge is 0.382 e. The van der Waals surface area contributed by atoms with E-state index in [4.69, 9.17) is 12.2 Å². The first-order valence-electron chi connectivity index (χ1n) is 7.09. The predicted molar refractivity (Wildman–Crippen MR) is 78.1 cm³/mol. The molecule has 1 N–H and O–H groups in total. The lowest BCUT2D eigenvalue weighted by atomic mass is 10.1. The molecule has 0 aliphatic carbocycles. The van der Waals surface area contributed by atoms with Crippen molar-refractivity contribution in [1.82, 2.24) is 5.32 Å². The van der Waals surface area contributed by atoms with E-state index < -0.39 is 0 Å². The summed E-state index contributed by atoms with van der Waals surface area (Å²) in [5, 5.41) is 3.07. The Labute approximate surface area is 107 Å². The van der Waals surface area contributed by atoms with Gasteiger partial charge in [0.1, 0.15) is 0 Å². The van der Waals surface area contributed by atoms with Crippen LogP contribution >= 0.6 is 12.2 Å². The van der Waals surface area contributed by atoms with Crippen LogP contribution in [0.1, 0.15) is 77.6 Å². The average molecular weight is 243 g/mol. The summed E-state index contributed by atoms with van der Waals surface area (Å²) >= 11 is 4.69. The summed E-state index contributed by atoms with van der Waals surface area (Å²) in [6.07, 6.45) is 15.4. The van der Waals surface area contributed by atoms with Crippen molar-refractivity contribution in [1.29, 1.82) is 0 Å².